The summed E-state index contributed by atoms with van der Waals surface area (Å²) in [6.45, 7) is 9.87. The van der Waals surface area contributed by atoms with Gasteiger partial charge in [0.15, 0.2) is 0 Å². The van der Waals surface area contributed by atoms with Crippen molar-refractivity contribution in [3.8, 4) is 0 Å². The molecule has 1 saturated carbocycles. The fourth-order valence-corrected chi connectivity index (χ4v) is 3.85. The van der Waals surface area contributed by atoms with E-state index in [9.17, 15) is 0 Å². The Kier molecular flexibility index (Phi) is 4.60. The lowest BCUT2D eigenvalue weighted by atomic mass is 9.97. The molecule has 5 heteroatoms. The van der Waals surface area contributed by atoms with Gasteiger partial charge in [0.25, 0.3) is 0 Å². The summed E-state index contributed by atoms with van der Waals surface area (Å²) in [5.74, 6) is 1.73. The molecule has 2 heterocycles. The van der Waals surface area contributed by atoms with Crippen LogP contribution in [0.3, 0.4) is 0 Å². The normalized spacial score (nSPS) is 23.0. The van der Waals surface area contributed by atoms with Crippen molar-refractivity contribution in [3.63, 3.8) is 0 Å². The summed E-state index contributed by atoms with van der Waals surface area (Å²) in [5.41, 5.74) is 0.374. The van der Waals surface area contributed by atoms with Crippen molar-refractivity contribution in [1.29, 1.82) is 0 Å². The zero-order chi connectivity index (χ0) is 14.7. The lowest BCUT2D eigenvalue weighted by Crippen LogP contribution is -2.49. The Bertz CT molecular complexity index is 447. The van der Waals surface area contributed by atoms with Crippen LogP contribution in [0.1, 0.15) is 51.8 Å². The summed E-state index contributed by atoms with van der Waals surface area (Å²) in [7, 11) is 0. The first-order valence-corrected chi connectivity index (χ1v) is 8.51. The summed E-state index contributed by atoms with van der Waals surface area (Å²) < 4.78 is 2.09. The molecule has 21 heavy (non-hydrogen) atoms. The molecular formula is C16H29N5. The summed E-state index contributed by atoms with van der Waals surface area (Å²) in [4.78, 5) is 7.09. The Morgan fingerprint density at radius 3 is 2.86 bits per heavy atom. The van der Waals surface area contributed by atoms with E-state index in [1.165, 1.54) is 45.2 Å². The van der Waals surface area contributed by atoms with Crippen molar-refractivity contribution in [1.82, 2.24) is 25.0 Å². The fourth-order valence-electron chi connectivity index (χ4n) is 3.85. The molecule has 2 fully saturated rings. The van der Waals surface area contributed by atoms with E-state index in [0.717, 1.165) is 25.5 Å². The van der Waals surface area contributed by atoms with Gasteiger partial charge in [0.1, 0.15) is 12.2 Å². The van der Waals surface area contributed by atoms with E-state index in [4.69, 9.17) is 0 Å². The minimum atomic E-state index is 0.374. The molecule has 1 N–H and O–H groups in total. The van der Waals surface area contributed by atoms with Crippen LogP contribution >= 0.6 is 0 Å². The predicted molar refractivity (Wildman–Crippen MR) is 84.0 cm³/mol. The van der Waals surface area contributed by atoms with Crippen molar-refractivity contribution in [2.24, 2.45) is 5.92 Å². The first-order chi connectivity index (χ1) is 10.2. The number of aromatic nitrogens is 3. The van der Waals surface area contributed by atoms with Crippen LogP contribution in [0.4, 0.5) is 0 Å². The van der Waals surface area contributed by atoms with E-state index < -0.39 is 0 Å². The molecule has 1 aliphatic heterocycles. The van der Waals surface area contributed by atoms with Crippen molar-refractivity contribution >= 4 is 0 Å². The molecule has 1 aliphatic carbocycles. The van der Waals surface area contributed by atoms with Gasteiger partial charge in [-0.1, -0.05) is 26.7 Å². The van der Waals surface area contributed by atoms with E-state index in [2.05, 4.69) is 38.8 Å². The second-order valence-corrected chi connectivity index (χ2v) is 7.23. The van der Waals surface area contributed by atoms with E-state index in [-0.39, 0.29) is 0 Å². The Morgan fingerprint density at radius 2 is 2.10 bits per heavy atom. The molecule has 2 aliphatic rings. The lowest BCUT2D eigenvalue weighted by molar-refractivity contribution is 0.196. The fraction of sp³-hybridized carbons (Fsp3) is 0.875. The SMILES string of the molecule is CC(C)Cn1ncnc1CN1CCCNC2(CCCC2)C1. The molecule has 0 unspecified atom stereocenters. The van der Waals surface area contributed by atoms with Gasteiger partial charge in [0, 0.05) is 18.6 Å². The van der Waals surface area contributed by atoms with Gasteiger partial charge < -0.3 is 5.32 Å². The summed E-state index contributed by atoms with van der Waals surface area (Å²) in [5, 5.41) is 8.23. The van der Waals surface area contributed by atoms with Crippen LogP contribution in [0.2, 0.25) is 0 Å². The number of nitrogens with one attached hydrogen (secondary N) is 1. The highest BCUT2D eigenvalue weighted by atomic mass is 15.4. The number of rotatable bonds is 4. The van der Waals surface area contributed by atoms with Crippen LogP contribution in [0.5, 0.6) is 0 Å². The first kappa shape index (κ1) is 15.0. The second kappa shape index (κ2) is 6.44. The molecule has 5 nitrogen and oxygen atoms in total. The predicted octanol–water partition coefficient (Wildman–Crippen LogP) is 2.04. The van der Waals surface area contributed by atoms with Crippen LogP contribution in [-0.2, 0) is 13.1 Å². The maximum absolute atomic E-state index is 4.50. The average molecular weight is 291 g/mol. The third-order valence-electron chi connectivity index (χ3n) is 4.84. The highest BCUT2D eigenvalue weighted by Crippen LogP contribution is 2.32. The van der Waals surface area contributed by atoms with Gasteiger partial charge in [-0.15, -0.1) is 0 Å². The summed E-state index contributed by atoms with van der Waals surface area (Å²) in [6.07, 6.45) is 8.37. The van der Waals surface area contributed by atoms with E-state index in [1.807, 2.05) is 0 Å². The smallest absolute Gasteiger partial charge is 0.141 e. The van der Waals surface area contributed by atoms with Crippen molar-refractivity contribution in [2.75, 3.05) is 19.6 Å². The quantitative estimate of drug-likeness (QED) is 0.922. The van der Waals surface area contributed by atoms with E-state index >= 15 is 0 Å². The standard InChI is InChI=1S/C16H29N5/c1-14(2)10-21-15(17-13-19-21)11-20-9-5-8-18-16(12-20)6-3-4-7-16/h13-14,18H,3-12H2,1-2H3. The number of nitrogens with zero attached hydrogens (tertiary/aromatic N) is 4. The largest absolute Gasteiger partial charge is 0.310 e. The Balaban J connectivity index is 1.67. The molecule has 1 aromatic heterocycles. The Morgan fingerprint density at radius 1 is 1.29 bits per heavy atom. The van der Waals surface area contributed by atoms with Gasteiger partial charge in [0.05, 0.1) is 6.54 Å². The zero-order valence-electron chi connectivity index (χ0n) is 13.5. The second-order valence-electron chi connectivity index (χ2n) is 7.23. The highest BCUT2D eigenvalue weighted by molar-refractivity contribution is 4.98. The third-order valence-corrected chi connectivity index (χ3v) is 4.84. The lowest BCUT2D eigenvalue weighted by Gasteiger charge is -2.33. The molecule has 0 radical (unpaired) electrons. The van der Waals surface area contributed by atoms with Crippen LogP contribution in [0.25, 0.3) is 0 Å². The minimum absolute atomic E-state index is 0.374. The molecule has 1 spiro atoms. The zero-order valence-corrected chi connectivity index (χ0v) is 13.5. The number of hydrogen-bond donors (Lipinski definition) is 1. The molecular weight excluding hydrogens is 262 g/mol. The molecule has 118 valence electrons. The monoisotopic (exact) mass is 291 g/mol. The summed E-state index contributed by atoms with van der Waals surface area (Å²) >= 11 is 0. The first-order valence-electron chi connectivity index (χ1n) is 8.51. The van der Waals surface area contributed by atoms with Gasteiger partial charge in [-0.2, -0.15) is 5.10 Å². The molecule has 1 aromatic rings. The van der Waals surface area contributed by atoms with Crippen molar-refractivity contribution in [3.05, 3.63) is 12.2 Å². The Hall–Kier alpha value is -0.940. The molecule has 0 amide bonds. The van der Waals surface area contributed by atoms with Gasteiger partial charge in [-0.25, -0.2) is 9.67 Å². The average Bonchev–Trinajstić information content (AvgIpc) is 2.99. The van der Waals surface area contributed by atoms with E-state index in [0.29, 0.717) is 11.5 Å². The molecule has 0 bridgehead atoms. The van der Waals surface area contributed by atoms with Crippen molar-refractivity contribution in [2.45, 2.75) is 64.6 Å². The van der Waals surface area contributed by atoms with Crippen LogP contribution in [-0.4, -0.2) is 44.8 Å². The van der Waals surface area contributed by atoms with Gasteiger partial charge >= 0.3 is 0 Å². The maximum atomic E-state index is 4.50. The molecule has 0 aromatic carbocycles. The van der Waals surface area contributed by atoms with Gasteiger partial charge in [-0.3, -0.25) is 4.90 Å². The summed E-state index contributed by atoms with van der Waals surface area (Å²) in [6, 6.07) is 0. The molecule has 3 rings (SSSR count). The maximum Gasteiger partial charge on any atom is 0.141 e. The number of hydrogen-bond acceptors (Lipinski definition) is 4. The van der Waals surface area contributed by atoms with Crippen LogP contribution in [0, 0.1) is 5.92 Å². The van der Waals surface area contributed by atoms with Crippen LogP contribution in [0.15, 0.2) is 6.33 Å². The third kappa shape index (κ3) is 3.64. The topological polar surface area (TPSA) is 46.0 Å². The molecule has 1 saturated heterocycles. The van der Waals surface area contributed by atoms with E-state index in [1.54, 1.807) is 6.33 Å². The Labute approximate surface area is 128 Å². The van der Waals surface area contributed by atoms with Gasteiger partial charge in [-0.05, 0) is 38.3 Å². The minimum Gasteiger partial charge on any atom is -0.310 e. The van der Waals surface area contributed by atoms with Crippen molar-refractivity contribution < 1.29 is 0 Å². The van der Waals surface area contributed by atoms with Crippen LogP contribution < -0.4 is 5.32 Å². The highest BCUT2D eigenvalue weighted by Gasteiger charge is 2.36. The van der Waals surface area contributed by atoms with Gasteiger partial charge in [0.2, 0.25) is 0 Å². The molecule has 0 atom stereocenters.